The summed E-state index contributed by atoms with van der Waals surface area (Å²) < 4.78 is 31.7. The first-order chi connectivity index (χ1) is 15.0. The standard InChI is InChI=1S/C19H21N3O3.C2HF3O2/c1-14(23)20-15-7-8-18(17(13-15)19(24)25)22-11-9-21(10-12-22)16-5-3-2-4-6-16;3-2(4,5)1(6)7/h2-8,13H,9-12H2,1H3,(H,20,23)(H,24,25);(H,6,7). The largest absolute Gasteiger partial charge is 0.490 e. The summed E-state index contributed by atoms with van der Waals surface area (Å²) in [6.45, 7) is 4.55. The number of carbonyl (C=O) groups is 3. The average Bonchev–Trinajstić information content (AvgIpc) is 2.74. The van der Waals surface area contributed by atoms with E-state index in [0.29, 0.717) is 11.4 Å². The number of anilines is 3. The summed E-state index contributed by atoms with van der Waals surface area (Å²) in [7, 11) is 0. The summed E-state index contributed by atoms with van der Waals surface area (Å²) in [6, 6.07) is 15.2. The van der Waals surface area contributed by atoms with Crippen LogP contribution in [0.4, 0.5) is 30.2 Å². The Bertz CT molecular complexity index is 959. The molecule has 0 unspecified atom stereocenters. The van der Waals surface area contributed by atoms with Gasteiger partial charge in [0.2, 0.25) is 5.91 Å². The molecule has 1 aliphatic rings. The van der Waals surface area contributed by atoms with E-state index in [9.17, 15) is 27.9 Å². The van der Waals surface area contributed by atoms with Gasteiger partial charge in [-0.1, -0.05) is 18.2 Å². The number of aromatic carboxylic acids is 1. The van der Waals surface area contributed by atoms with Gasteiger partial charge in [0.15, 0.2) is 0 Å². The highest BCUT2D eigenvalue weighted by Crippen LogP contribution is 2.27. The number of nitrogens with one attached hydrogen (secondary N) is 1. The van der Waals surface area contributed by atoms with Gasteiger partial charge >= 0.3 is 18.1 Å². The van der Waals surface area contributed by atoms with Gasteiger partial charge in [0.1, 0.15) is 0 Å². The third-order valence-corrected chi connectivity index (χ3v) is 4.53. The van der Waals surface area contributed by atoms with Crippen molar-refractivity contribution in [3.63, 3.8) is 0 Å². The fourth-order valence-corrected chi connectivity index (χ4v) is 3.11. The number of para-hydroxylation sites is 1. The number of carboxylic acid groups (broad SMARTS) is 2. The maximum atomic E-state index is 11.6. The van der Waals surface area contributed by atoms with Crippen molar-refractivity contribution in [1.82, 2.24) is 0 Å². The summed E-state index contributed by atoms with van der Waals surface area (Å²) in [5, 5.41) is 19.3. The number of rotatable bonds is 4. The predicted octanol–water partition coefficient (Wildman–Crippen LogP) is 3.30. The molecule has 3 rings (SSSR count). The smallest absolute Gasteiger partial charge is 0.478 e. The molecular weight excluding hydrogens is 431 g/mol. The second-order valence-electron chi connectivity index (χ2n) is 6.83. The van der Waals surface area contributed by atoms with Crippen molar-refractivity contribution < 1.29 is 37.8 Å². The van der Waals surface area contributed by atoms with Crippen LogP contribution in [0.1, 0.15) is 17.3 Å². The number of amides is 1. The van der Waals surface area contributed by atoms with E-state index >= 15 is 0 Å². The molecule has 32 heavy (non-hydrogen) atoms. The number of nitrogens with zero attached hydrogens (tertiary/aromatic N) is 2. The van der Waals surface area contributed by atoms with Gasteiger partial charge < -0.3 is 25.3 Å². The summed E-state index contributed by atoms with van der Waals surface area (Å²) in [5.74, 6) is -3.97. The normalized spacial score (nSPS) is 13.6. The Balaban J connectivity index is 0.000000451. The lowest BCUT2D eigenvalue weighted by Gasteiger charge is -2.38. The molecule has 2 aromatic carbocycles. The maximum Gasteiger partial charge on any atom is 0.490 e. The van der Waals surface area contributed by atoms with E-state index in [0.717, 1.165) is 26.2 Å². The predicted molar refractivity (Wildman–Crippen MR) is 112 cm³/mol. The van der Waals surface area contributed by atoms with Gasteiger partial charge in [-0.05, 0) is 30.3 Å². The van der Waals surface area contributed by atoms with Crippen molar-refractivity contribution in [2.45, 2.75) is 13.1 Å². The molecular formula is C21H22F3N3O5. The van der Waals surface area contributed by atoms with Gasteiger partial charge in [-0.25, -0.2) is 9.59 Å². The Labute approximate surface area is 181 Å². The second kappa shape index (κ2) is 10.5. The molecule has 0 aromatic heterocycles. The van der Waals surface area contributed by atoms with Crippen molar-refractivity contribution >= 4 is 34.9 Å². The van der Waals surface area contributed by atoms with E-state index in [1.165, 1.54) is 18.7 Å². The van der Waals surface area contributed by atoms with Crippen LogP contribution in [-0.2, 0) is 9.59 Å². The molecule has 8 nitrogen and oxygen atoms in total. The van der Waals surface area contributed by atoms with E-state index in [2.05, 4.69) is 27.2 Å². The Morgan fingerprint density at radius 2 is 1.44 bits per heavy atom. The van der Waals surface area contributed by atoms with E-state index in [1.807, 2.05) is 18.2 Å². The molecule has 1 fully saturated rings. The van der Waals surface area contributed by atoms with Crippen molar-refractivity contribution in [3.8, 4) is 0 Å². The van der Waals surface area contributed by atoms with Crippen LogP contribution in [0, 0.1) is 0 Å². The molecule has 2 aromatic rings. The Kier molecular flexibility index (Phi) is 8.05. The van der Waals surface area contributed by atoms with Crippen molar-refractivity contribution in [3.05, 3.63) is 54.1 Å². The van der Waals surface area contributed by atoms with Gasteiger partial charge in [0, 0.05) is 44.5 Å². The van der Waals surface area contributed by atoms with Crippen molar-refractivity contribution in [2.75, 3.05) is 41.3 Å². The number of benzene rings is 2. The van der Waals surface area contributed by atoms with Gasteiger partial charge in [-0.2, -0.15) is 13.2 Å². The zero-order valence-corrected chi connectivity index (χ0v) is 17.1. The molecule has 1 heterocycles. The number of hydrogen-bond donors (Lipinski definition) is 3. The molecule has 1 amide bonds. The van der Waals surface area contributed by atoms with Crippen LogP contribution in [-0.4, -0.2) is 60.4 Å². The lowest BCUT2D eigenvalue weighted by atomic mass is 10.1. The van der Waals surface area contributed by atoms with Crippen LogP contribution in [0.2, 0.25) is 0 Å². The summed E-state index contributed by atoms with van der Waals surface area (Å²) >= 11 is 0. The maximum absolute atomic E-state index is 11.6. The Morgan fingerprint density at radius 1 is 0.906 bits per heavy atom. The van der Waals surface area contributed by atoms with E-state index in [1.54, 1.807) is 12.1 Å². The van der Waals surface area contributed by atoms with Gasteiger partial charge in [0.05, 0.1) is 11.3 Å². The van der Waals surface area contributed by atoms with Gasteiger partial charge in [0.25, 0.3) is 0 Å². The molecule has 11 heteroatoms. The number of hydrogen-bond acceptors (Lipinski definition) is 5. The van der Waals surface area contributed by atoms with Crippen LogP contribution in [0.3, 0.4) is 0 Å². The van der Waals surface area contributed by atoms with E-state index in [4.69, 9.17) is 9.90 Å². The van der Waals surface area contributed by atoms with Crippen LogP contribution in [0.5, 0.6) is 0 Å². The third kappa shape index (κ3) is 6.89. The minimum atomic E-state index is -5.08. The first-order valence-corrected chi connectivity index (χ1v) is 9.49. The number of carboxylic acids is 2. The van der Waals surface area contributed by atoms with Crippen LogP contribution in [0.15, 0.2) is 48.5 Å². The highest BCUT2D eigenvalue weighted by Gasteiger charge is 2.38. The summed E-state index contributed by atoms with van der Waals surface area (Å²) in [4.78, 5) is 36.1. The first-order valence-electron chi connectivity index (χ1n) is 9.49. The van der Waals surface area contributed by atoms with Gasteiger partial charge in [-0.3, -0.25) is 4.79 Å². The molecule has 3 N–H and O–H groups in total. The quantitative estimate of drug-likeness (QED) is 0.652. The van der Waals surface area contributed by atoms with Crippen LogP contribution in [0.25, 0.3) is 0 Å². The number of aliphatic carboxylic acids is 1. The van der Waals surface area contributed by atoms with Crippen LogP contribution >= 0.6 is 0 Å². The highest BCUT2D eigenvalue weighted by molar-refractivity contribution is 5.97. The second-order valence-corrected chi connectivity index (χ2v) is 6.83. The zero-order chi connectivity index (χ0) is 23.9. The Morgan fingerprint density at radius 3 is 1.91 bits per heavy atom. The third-order valence-electron chi connectivity index (χ3n) is 4.53. The molecule has 1 aliphatic heterocycles. The van der Waals surface area contributed by atoms with Gasteiger partial charge in [-0.15, -0.1) is 0 Å². The topological polar surface area (TPSA) is 110 Å². The molecule has 0 atom stereocenters. The van der Waals surface area contributed by atoms with E-state index < -0.39 is 18.1 Å². The minimum absolute atomic E-state index is 0.208. The molecule has 1 saturated heterocycles. The SMILES string of the molecule is CC(=O)Nc1ccc(N2CCN(c3ccccc3)CC2)c(C(=O)O)c1.O=C(O)C(F)(F)F. The number of carbonyl (C=O) groups excluding carboxylic acids is 1. The molecule has 0 bridgehead atoms. The fourth-order valence-electron chi connectivity index (χ4n) is 3.11. The highest BCUT2D eigenvalue weighted by atomic mass is 19.4. The summed E-state index contributed by atoms with van der Waals surface area (Å²) in [5.41, 5.74) is 2.58. The zero-order valence-electron chi connectivity index (χ0n) is 17.1. The number of halogens is 3. The molecule has 0 spiro atoms. The Hall–Kier alpha value is -3.76. The minimum Gasteiger partial charge on any atom is -0.478 e. The average molecular weight is 453 g/mol. The van der Waals surface area contributed by atoms with Crippen molar-refractivity contribution in [1.29, 1.82) is 0 Å². The first kappa shape index (κ1) is 24.5. The lowest BCUT2D eigenvalue weighted by Crippen LogP contribution is -2.47. The van der Waals surface area contributed by atoms with E-state index in [-0.39, 0.29) is 11.5 Å². The molecule has 172 valence electrons. The molecule has 0 radical (unpaired) electrons. The number of alkyl halides is 3. The fraction of sp³-hybridized carbons (Fsp3) is 0.286. The monoisotopic (exact) mass is 453 g/mol. The lowest BCUT2D eigenvalue weighted by molar-refractivity contribution is -0.192. The molecule has 0 aliphatic carbocycles. The van der Waals surface area contributed by atoms with Crippen molar-refractivity contribution in [2.24, 2.45) is 0 Å². The number of piperazine rings is 1. The van der Waals surface area contributed by atoms with Crippen LogP contribution < -0.4 is 15.1 Å². The molecule has 0 saturated carbocycles. The summed E-state index contributed by atoms with van der Waals surface area (Å²) in [6.07, 6.45) is -5.08.